The molecule has 0 unspecified atom stereocenters. The minimum atomic E-state index is -0.145. The zero-order valence-corrected chi connectivity index (χ0v) is 16.8. The Morgan fingerprint density at radius 3 is 2.41 bits per heavy atom. The average Bonchev–Trinajstić information content (AvgIpc) is 3.06. The van der Waals surface area contributed by atoms with Crippen LogP contribution < -0.4 is 10.1 Å². The number of hydrogen-bond donors (Lipinski definition) is 1. The van der Waals surface area contributed by atoms with Crippen LogP contribution in [-0.2, 0) is 4.79 Å². The van der Waals surface area contributed by atoms with Gasteiger partial charge < -0.3 is 10.1 Å². The number of amides is 1. The van der Waals surface area contributed by atoms with Crippen molar-refractivity contribution < 1.29 is 14.3 Å². The van der Waals surface area contributed by atoms with Crippen LogP contribution in [0, 0.1) is 13.8 Å². The Labute approximate surface area is 169 Å². The Hall–Kier alpha value is -3.48. The third-order valence-electron chi connectivity index (χ3n) is 4.48. The number of rotatable bonds is 8. The molecule has 2 heterocycles. The van der Waals surface area contributed by atoms with Crippen LogP contribution in [0.1, 0.15) is 41.0 Å². The Balaban J connectivity index is 1.47. The summed E-state index contributed by atoms with van der Waals surface area (Å²) in [6.07, 6.45) is 2.66. The van der Waals surface area contributed by atoms with Gasteiger partial charge in [-0.05, 0) is 62.7 Å². The molecule has 3 rings (SSSR count). The Morgan fingerprint density at radius 1 is 1.07 bits per heavy atom. The van der Waals surface area contributed by atoms with Gasteiger partial charge in [-0.15, -0.1) is 0 Å². The first-order valence-corrected chi connectivity index (χ1v) is 9.43. The average molecular weight is 392 g/mol. The van der Waals surface area contributed by atoms with E-state index in [1.165, 1.54) is 0 Å². The summed E-state index contributed by atoms with van der Waals surface area (Å²) in [7, 11) is 1.58. The van der Waals surface area contributed by atoms with Gasteiger partial charge in [0.05, 0.1) is 24.7 Å². The van der Waals surface area contributed by atoms with Crippen molar-refractivity contribution in [3.05, 3.63) is 65.6 Å². The second-order valence-corrected chi connectivity index (χ2v) is 6.80. The number of carbonyl (C=O) groups excluding carboxylic acids is 2. The number of anilines is 1. The van der Waals surface area contributed by atoms with Crippen molar-refractivity contribution in [1.29, 1.82) is 0 Å². The summed E-state index contributed by atoms with van der Waals surface area (Å²) in [4.78, 5) is 28.7. The van der Waals surface area contributed by atoms with Crippen molar-refractivity contribution >= 4 is 17.4 Å². The van der Waals surface area contributed by atoms with Gasteiger partial charge in [0.2, 0.25) is 5.91 Å². The molecule has 7 nitrogen and oxygen atoms in total. The van der Waals surface area contributed by atoms with Crippen molar-refractivity contribution in [3.63, 3.8) is 0 Å². The van der Waals surface area contributed by atoms with Gasteiger partial charge in [-0.1, -0.05) is 0 Å². The summed E-state index contributed by atoms with van der Waals surface area (Å²) < 4.78 is 6.84. The van der Waals surface area contributed by atoms with E-state index in [0.717, 1.165) is 11.4 Å². The number of ether oxygens (including phenoxy) is 1. The van der Waals surface area contributed by atoms with E-state index < -0.39 is 0 Å². The first-order valence-electron chi connectivity index (χ1n) is 9.43. The number of nitrogens with zero attached hydrogens (tertiary/aromatic N) is 3. The van der Waals surface area contributed by atoms with Gasteiger partial charge in [-0.25, -0.2) is 9.67 Å². The predicted octanol–water partition coefficient (Wildman–Crippen LogP) is 3.88. The van der Waals surface area contributed by atoms with E-state index in [0.29, 0.717) is 35.7 Å². The summed E-state index contributed by atoms with van der Waals surface area (Å²) in [6.45, 7) is 3.89. The quantitative estimate of drug-likeness (QED) is 0.588. The molecule has 3 aromatic rings. The molecule has 0 bridgehead atoms. The molecule has 0 aliphatic heterocycles. The SMILES string of the molecule is COc1ccc(C(=O)CCCC(=O)Nc2ccc(-n3nc(C)cc3C)nc2)cc1. The van der Waals surface area contributed by atoms with E-state index in [1.807, 2.05) is 26.0 Å². The highest BCUT2D eigenvalue weighted by Crippen LogP contribution is 2.15. The summed E-state index contributed by atoms with van der Waals surface area (Å²) in [5.41, 5.74) is 3.15. The lowest BCUT2D eigenvalue weighted by atomic mass is 10.1. The van der Waals surface area contributed by atoms with Crippen molar-refractivity contribution in [2.45, 2.75) is 33.1 Å². The lowest BCUT2D eigenvalue weighted by Crippen LogP contribution is -2.12. The highest BCUT2D eigenvalue weighted by molar-refractivity contribution is 5.96. The van der Waals surface area contributed by atoms with E-state index in [-0.39, 0.29) is 18.1 Å². The first kappa shape index (κ1) is 20.3. The Bertz CT molecular complexity index is 992. The fourth-order valence-corrected chi connectivity index (χ4v) is 3.00. The van der Waals surface area contributed by atoms with Gasteiger partial charge in [-0.3, -0.25) is 9.59 Å². The molecule has 0 fully saturated rings. The number of Topliss-reactive ketones (excluding diaryl/α,β-unsaturated/α-hetero) is 1. The smallest absolute Gasteiger partial charge is 0.224 e. The van der Waals surface area contributed by atoms with Crippen LogP contribution in [0.25, 0.3) is 5.82 Å². The fraction of sp³-hybridized carbons (Fsp3) is 0.273. The summed E-state index contributed by atoms with van der Waals surface area (Å²) in [5.74, 6) is 1.27. The maximum atomic E-state index is 12.2. The van der Waals surface area contributed by atoms with Gasteiger partial charge in [0.1, 0.15) is 5.75 Å². The van der Waals surface area contributed by atoms with Crippen molar-refractivity contribution in [2.75, 3.05) is 12.4 Å². The second-order valence-electron chi connectivity index (χ2n) is 6.80. The third kappa shape index (κ3) is 5.28. The minimum Gasteiger partial charge on any atom is -0.497 e. The predicted molar refractivity (Wildman–Crippen MR) is 111 cm³/mol. The zero-order chi connectivity index (χ0) is 20.8. The molecule has 0 saturated carbocycles. The van der Waals surface area contributed by atoms with E-state index in [9.17, 15) is 9.59 Å². The van der Waals surface area contributed by atoms with Crippen LogP contribution >= 0.6 is 0 Å². The van der Waals surface area contributed by atoms with E-state index in [4.69, 9.17) is 4.74 Å². The number of aryl methyl sites for hydroxylation is 2. The monoisotopic (exact) mass is 392 g/mol. The topological polar surface area (TPSA) is 86.1 Å². The van der Waals surface area contributed by atoms with E-state index in [2.05, 4.69) is 15.4 Å². The number of benzene rings is 1. The zero-order valence-electron chi connectivity index (χ0n) is 16.8. The first-order chi connectivity index (χ1) is 14.0. The van der Waals surface area contributed by atoms with Gasteiger partial charge >= 0.3 is 0 Å². The van der Waals surface area contributed by atoms with Crippen LogP contribution in [0.3, 0.4) is 0 Å². The molecule has 1 aromatic carbocycles. The van der Waals surface area contributed by atoms with Crippen molar-refractivity contribution in [3.8, 4) is 11.6 Å². The Morgan fingerprint density at radius 2 is 1.83 bits per heavy atom. The molecule has 0 aliphatic carbocycles. The van der Waals surface area contributed by atoms with Gasteiger partial charge in [0.15, 0.2) is 11.6 Å². The molecule has 0 radical (unpaired) electrons. The molecule has 150 valence electrons. The number of aromatic nitrogens is 3. The lowest BCUT2D eigenvalue weighted by Gasteiger charge is -2.07. The Kier molecular flexibility index (Phi) is 6.39. The second kappa shape index (κ2) is 9.14. The number of hydrogen-bond acceptors (Lipinski definition) is 5. The van der Waals surface area contributed by atoms with Gasteiger partial charge in [0.25, 0.3) is 0 Å². The molecule has 2 aromatic heterocycles. The largest absolute Gasteiger partial charge is 0.497 e. The summed E-state index contributed by atoms with van der Waals surface area (Å²) in [6, 6.07) is 12.5. The number of nitrogens with one attached hydrogen (secondary N) is 1. The van der Waals surface area contributed by atoms with Gasteiger partial charge in [0, 0.05) is 24.1 Å². The van der Waals surface area contributed by atoms with Crippen molar-refractivity contribution in [1.82, 2.24) is 14.8 Å². The molecule has 1 N–H and O–H groups in total. The summed E-state index contributed by atoms with van der Waals surface area (Å²) in [5, 5.41) is 7.20. The summed E-state index contributed by atoms with van der Waals surface area (Å²) >= 11 is 0. The number of pyridine rings is 1. The van der Waals surface area contributed by atoms with Crippen molar-refractivity contribution in [2.24, 2.45) is 0 Å². The molecule has 1 amide bonds. The van der Waals surface area contributed by atoms with E-state index >= 15 is 0 Å². The maximum Gasteiger partial charge on any atom is 0.224 e. The number of methoxy groups -OCH3 is 1. The molecular weight excluding hydrogens is 368 g/mol. The molecule has 0 atom stereocenters. The van der Waals surface area contributed by atoms with Crippen LogP contribution in [0.15, 0.2) is 48.7 Å². The molecular formula is C22H24N4O3. The highest BCUT2D eigenvalue weighted by atomic mass is 16.5. The standard InChI is InChI=1S/C22H24N4O3/c1-15-13-16(2)26(25-15)21-12-9-18(14-23-21)24-22(28)6-4-5-20(27)17-7-10-19(29-3)11-8-17/h7-14H,4-6H2,1-3H3,(H,24,28). The number of ketones is 1. The molecule has 0 aliphatic rings. The molecule has 0 spiro atoms. The fourth-order valence-electron chi connectivity index (χ4n) is 3.00. The third-order valence-corrected chi connectivity index (χ3v) is 4.48. The lowest BCUT2D eigenvalue weighted by molar-refractivity contribution is -0.116. The van der Waals surface area contributed by atoms with Gasteiger partial charge in [-0.2, -0.15) is 5.10 Å². The molecule has 7 heteroatoms. The number of carbonyl (C=O) groups is 2. The minimum absolute atomic E-state index is 0.0105. The normalized spacial score (nSPS) is 10.6. The van der Waals surface area contributed by atoms with E-state index in [1.54, 1.807) is 48.3 Å². The maximum absolute atomic E-state index is 12.2. The molecule has 0 saturated heterocycles. The van der Waals surface area contributed by atoms with Crippen LogP contribution in [-0.4, -0.2) is 33.6 Å². The highest BCUT2D eigenvalue weighted by Gasteiger charge is 2.09. The molecule has 29 heavy (non-hydrogen) atoms. The van der Waals surface area contributed by atoms with Crippen LogP contribution in [0.4, 0.5) is 5.69 Å². The van der Waals surface area contributed by atoms with Crippen LogP contribution in [0.2, 0.25) is 0 Å². The van der Waals surface area contributed by atoms with Crippen LogP contribution in [0.5, 0.6) is 5.75 Å².